The molecule has 0 saturated carbocycles. The number of urea groups is 1. The molecule has 0 bridgehead atoms. The van der Waals surface area contributed by atoms with Crippen LogP contribution < -0.4 is 10.6 Å². The van der Waals surface area contributed by atoms with Crippen molar-refractivity contribution in [2.45, 2.75) is 39.2 Å². The third-order valence-electron chi connectivity index (χ3n) is 3.13. The second-order valence-corrected chi connectivity index (χ2v) is 5.64. The summed E-state index contributed by atoms with van der Waals surface area (Å²) in [5.74, 6) is 0.174. The molecule has 118 valence electrons. The smallest absolute Gasteiger partial charge is 0.315 e. The lowest BCUT2D eigenvalue weighted by Gasteiger charge is -2.18. The highest BCUT2D eigenvalue weighted by Crippen LogP contribution is 2.06. The van der Waals surface area contributed by atoms with E-state index in [0.29, 0.717) is 18.9 Å². The molecule has 1 aromatic rings. The number of hydrogen-bond donors (Lipinski definition) is 3. The number of carbonyl (C=O) groups is 1. The van der Waals surface area contributed by atoms with Gasteiger partial charge in [0.05, 0.1) is 12.6 Å². The van der Waals surface area contributed by atoms with E-state index in [1.54, 1.807) is 6.07 Å². The lowest BCUT2D eigenvalue weighted by molar-refractivity contribution is 0.207. The number of carbonyl (C=O) groups excluding carboxylic acids is 1. The van der Waals surface area contributed by atoms with E-state index in [0.717, 1.165) is 18.4 Å². The Kier molecular flexibility index (Phi) is 7.75. The summed E-state index contributed by atoms with van der Waals surface area (Å²) < 4.78 is 13.0. The number of halogens is 1. The summed E-state index contributed by atoms with van der Waals surface area (Å²) in [6.07, 6.45) is 2.20. The normalized spacial score (nSPS) is 12.2. The van der Waals surface area contributed by atoms with Crippen LogP contribution in [-0.2, 0) is 6.42 Å². The maximum atomic E-state index is 13.0. The molecule has 0 heterocycles. The largest absolute Gasteiger partial charge is 0.394 e. The Morgan fingerprint density at radius 1 is 1.38 bits per heavy atom. The summed E-state index contributed by atoms with van der Waals surface area (Å²) in [7, 11) is 0. The van der Waals surface area contributed by atoms with Crippen molar-refractivity contribution < 1.29 is 14.3 Å². The van der Waals surface area contributed by atoms with Gasteiger partial charge in [-0.05, 0) is 42.9 Å². The predicted octanol–water partition coefficient (Wildman–Crippen LogP) is 2.46. The van der Waals surface area contributed by atoms with Crippen molar-refractivity contribution in [1.29, 1.82) is 0 Å². The maximum Gasteiger partial charge on any atom is 0.315 e. The highest BCUT2D eigenvalue weighted by Gasteiger charge is 2.12. The Morgan fingerprint density at radius 2 is 2.14 bits per heavy atom. The molecule has 1 atom stereocenters. The molecular weight excluding hydrogens is 271 g/mol. The number of amides is 2. The maximum absolute atomic E-state index is 13.0. The zero-order valence-electron chi connectivity index (χ0n) is 12.7. The molecule has 5 heteroatoms. The first-order chi connectivity index (χ1) is 10.0. The molecule has 0 saturated heterocycles. The zero-order valence-corrected chi connectivity index (χ0v) is 12.7. The van der Waals surface area contributed by atoms with Crippen molar-refractivity contribution in [3.63, 3.8) is 0 Å². The summed E-state index contributed by atoms with van der Waals surface area (Å²) in [6.45, 7) is 4.54. The third-order valence-corrected chi connectivity index (χ3v) is 3.13. The number of hydrogen-bond acceptors (Lipinski definition) is 2. The van der Waals surface area contributed by atoms with Gasteiger partial charge in [-0.15, -0.1) is 0 Å². The molecular formula is C16H25FN2O2. The van der Waals surface area contributed by atoms with Gasteiger partial charge in [0.25, 0.3) is 0 Å². The van der Waals surface area contributed by atoms with Crippen LogP contribution in [0, 0.1) is 11.7 Å². The minimum absolute atomic E-state index is 0.0606. The quantitative estimate of drug-likeness (QED) is 0.645. The standard InChI is InChI=1S/C16H25FN2O2/c1-12(2)9-15(11-20)19-16(21)18-8-4-6-13-5-3-7-14(17)10-13/h3,5,7,10,12,15,20H,4,6,8-9,11H2,1-2H3,(H2,18,19,21). The molecule has 4 nitrogen and oxygen atoms in total. The number of aryl methyl sites for hydroxylation is 1. The first kappa shape index (κ1) is 17.4. The summed E-state index contributed by atoms with van der Waals surface area (Å²) in [4.78, 5) is 11.7. The van der Waals surface area contributed by atoms with Crippen LogP contribution in [0.4, 0.5) is 9.18 Å². The van der Waals surface area contributed by atoms with E-state index in [-0.39, 0.29) is 24.5 Å². The molecule has 0 aromatic heterocycles. The average Bonchev–Trinajstić information content (AvgIpc) is 2.42. The Bertz CT molecular complexity index is 438. The lowest BCUT2D eigenvalue weighted by atomic mass is 10.0. The van der Waals surface area contributed by atoms with Crippen molar-refractivity contribution in [2.75, 3.05) is 13.2 Å². The minimum atomic E-state index is -0.269. The van der Waals surface area contributed by atoms with E-state index in [2.05, 4.69) is 10.6 Å². The van der Waals surface area contributed by atoms with Crippen molar-refractivity contribution in [1.82, 2.24) is 10.6 Å². The van der Waals surface area contributed by atoms with Gasteiger partial charge in [-0.3, -0.25) is 0 Å². The van der Waals surface area contributed by atoms with E-state index in [9.17, 15) is 14.3 Å². The number of rotatable bonds is 8. The molecule has 0 radical (unpaired) electrons. The summed E-state index contributed by atoms with van der Waals surface area (Å²) >= 11 is 0. The molecule has 0 fully saturated rings. The number of nitrogens with one attached hydrogen (secondary N) is 2. The third kappa shape index (κ3) is 7.66. The van der Waals surface area contributed by atoms with Gasteiger partial charge in [0.15, 0.2) is 0 Å². The van der Waals surface area contributed by atoms with Gasteiger partial charge in [0, 0.05) is 6.54 Å². The molecule has 3 N–H and O–H groups in total. The van der Waals surface area contributed by atoms with Gasteiger partial charge in [-0.2, -0.15) is 0 Å². The summed E-state index contributed by atoms with van der Waals surface area (Å²) in [5, 5.41) is 14.7. The zero-order chi connectivity index (χ0) is 15.7. The molecule has 0 aliphatic rings. The fourth-order valence-electron chi connectivity index (χ4n) is 2.17. The molecule has 21 heavy (non-hydrogen) atoms. The Morgan fingerprint density at radius 3 is 2.76 bits per heavy atom. The molecule has 1 rings (SSSR count). The molecule has 0 aliphatic heterocycles. The van der Waals surface area contributed by atoms with Gasteiger partial charge in [-0.25, -0.2) is 9.18 Å². The van der Waals surface area contributed by atoms with Gasteiger partial charge in [-0.1, -0.05) is 26.0 Å². The Balaban J connectivity index is 2.21. The van der Waals surface area contributed by atoms with Crippen molar-refractivity contribution >= 4 is 6.03 Å². The van der Waals surface area contributed by atoms with E-state index < -0.39 is 0 Å². The van der Waals surface area contributed by atoms with Gasteiger partial charge >= 0.3 is 6.03 Å². The van der Waals surface area contributed by atoms with Crippen molar-refractivity contribution in [3.8, 4) is 0 Å². The van der Waals surface area contributed by atoms with Gasteiger partial charge in [0.2, 0.25) is 0 Å². The first-order valence-corrected chi connectivity index (χ1v) is 7.41. The second-order valence-electron chi connectivity index (χ2n) is 5.64. The van der Waals surface area contributed by atoms with Crippen LogP contribution >= 0.6 is 0 Å². The fraction of sp³-hybridized carbons (Fsp3) is 0.562. The monoisotopic (exact) mass is 296 g/mol. The topological polar surface area (TPSA) is 61.4 Å². The van der Waals surface area contributed by atoms with Crippen LogP contribution in [-0.4, -0.2) is 30.3 Å². The van der Waals surface area contributed by atoms with E-state index in [1.165, 1.54) is 12.1 Å². The predicted molar refractivity (Wildman–Crippen MR) is 81.6 cm³/mol. The van der Waals surface area contributed by atoms with Gasteiger partial charge in [0.1, 0.15) is 5.82 Å². The van der Waals surface area contributed by atoms with E-state index in [4.69, 9.17) is 0 Å². The SMILES string of the molecule is CC(C)CC(CO)NC(=O)NCCCc1cccc(F)c1. The second kappa shape index (κ2) is 9.34. The van der Waals surface area contributed by atoms with E-state index >= 15 is 0 Å². The van der Waals surface area contributed by atoms with Crippen molar-refractivity contribution in [3.05, 3.63) is 35.6 Å². The Hall–Kier alpha value is -1.62. The van der Waals surface area contributed by atoms with Crippen LogP contribution in [0.3, 0.4) is 0 Å². The highest BCUT2D eigenvalue weighted by molar-refractivity contribution is 5.74. The minimum Gasteiger partial charge on any atom is -0.394 e. The van der Waals surface area contributed by atoms with Gasteiger partial charge < -0.3 is 15.7 Å². The number of aliphatic hydroxyl groups is 1. The Labute approximate surface area is 125 Å². The molecule has 2 amide bonds. The fourth-order valence-corrected chi connectivity index (χ4v) is 2.17. The number of benzene rings is 1. The lowest BCUT2D eigenvalue weighted by Crippen LogP contribution is -2.44. The van der Waals surface area contributed by atoms with Crippen LogP contribution in [0.1, 0.15) is 32.3 Å². The van der Waals surface area contributed by atoms with E-state index in [1.807, 2.05) is 19.9 Å². The molecule has 0 aliphatic carbocycles. The van der Waals surface area contributed by atoms with Crippen LogP contribution in [0.2, 0.25) is 0 Å². The van der Waals surface area contributed by atoms with Crippen molar-refractivity contribution in [2.24, 2.45) is 5.92 Å². The molecule has 1 aromatic carbocycles. The molecule has 1 unspecified atom stereocenters. The first-order valence-electron chi connectivity index (χ1n) is 7.41. The number of aliphatic hydroxyl groups excluding tert-OH is 1. The highest BCUT2D eigenvalue weighted by atomic mass is 19.1. The molecule has 0 spiro atoms. The summed E-state index contributed by atoms with van der Waals surface area (Å²) in [5.41, 5.74) is 0.922. The van der Waals surface area contributed by atoms with Crippen LogP contribution in [0.25, 0.3) is 0 Å². The van der Waals surface area contributed by atoms with Crippen LogP contribution in [0.15, 0.2) is 24.3 Å². The average molecular weight is 296 g/mol. The van der Waals surface area contributed by atoms with Crippen LogP contribution in [0.5, 0.6) is 0 Å². The summed E-state index contributed by atoms with van der Waals surface area (Å²) in [6, 6.07) is 5.99.